The van der Waals surface area contributed by atoms with Crippen molar-refractivity contribution in [2.24, 2.45) is 5.92 Å². The first-order valence-electron chi connectivity index (χ1n) is 7.89. The van der Waals surface area contributed by atoms with Crippen LogP contribution in [-0.2, 0) is 17.5 Å². The molecule has 1 amide bonds. The largest absolute Gasteiger partial charge is 0.471 e. The van der Waals surface area contributed by atoms with Crippen molar-refractivity contribution in [3.63, 3.8) is 0 Å². The third-order valence-corrected chi connectivity index (χ3v) is 4.06. The highest BCUT2D eigenvalue weighted by Gasteiger charge is 2.62. The number of alkyl halides is 5. The number of aromatic nitrogens is 2. The zero-order valence-electron chi connectivity index (χ0n) is 13.7. The lowest BCUT2D eigenvalue weighted by Gasteiger charge is -2.22. The van der Waals surface area contributed by atoms with Crippen molar-refractivity contribution in [3.05, 3.63) is 35.7 Å². The number of aliphatic hydroxyl groups is 1. The molecule has 0 aliphatic heterocycles. The van der Waals surface area contributed by atoms with Crippen molar-refractivity contribution in [2.75, 3.05) is 13.2 Å². The van der Waals surface area contributed by atoms with Gasteiger partial charge in [0.05, 0.1) is 6.61 Å². The second-order valence-corrected chi connectivity index (χ2v) is 6.12. The highest BCUT2D eigenvalue weighted by molar-refractivity contribution is 5.83. The van der Waals surface area contributed by atoms with Crippen molar-refractivity contribution in [1.29, 1.82) is 0 Å². The Labute approximate surface area is 149 Å². The van der Waals surface area contributed by atoms with Crippen molar-refractivity contribution < 1.29 is 36.4 Å². The summed E-state index contributed by atoms with van der Waals surface area (Å²) < 4.78 is 67.8. The molecule has 1 aliphatic rings. The number of carbonyl (C=O) groups is 1. The van der Waals surface area contributed by atoms with Gasteiger partial charge < -0.3 is 14.5 Å². The van der Waals surface area contributed by atoms with Crippen molar-refractivity contribution in [3.8, 4) is 11.4 Å². The molecule has 1 aromatic heterocycles. The standard InChI is InChI=1S/C16H14F5N3O3/c17-15(18)7-11(15)13(26)24(5-6-25)8-9-1-3-10(4-2-9)12-22-14(27-23-12)16(19,20)21/h1-4,11,25H,5-8H2. The number of nitrogens with zero attached hydrogens (tertiary/aromatic N) is 3. The maximum absolute atomic E-state index is 13.1. The third-order valence-electron chi connectivity index (χ3n) is 4.06. The second kappa shape index (κ2) is 6.87. The first-order valence-corrected chi connectivity index (χ1v) is 7.89. The molecule has 11 heteroatoms. The van der Waals surface area contributed by atoms with Crippen LogP contribution < -0.4 is 0 Å². The number of amides is 1. The molecule has 1 N–H and O–H groups in total. The molecule has 1 aromatic carbocycles. The molecule has 146 valence electrons. The highest BCUT2D eigenvalue weighted by Crippen LogP contribution is 2.49. The highest BCUT2D eigenvalue weighted by atomic mass is 19.4. The maximum Gasteiger partial charge on any atom is 0.471 e. The summed E-state index contributed by atoms with van der Waals surface area (Å²) >= 11 is 0. The van der Waals surface area contributed by atoms with Crippen LogP contribution in [0.2, 0.25) is 0 Å². The molecule has 0 radical (unpaired) electrons. The Bertz CT molecular complexity index is 819. The van der Waals surface area contributed by atoms with Gasteiger partial charge in [-0.1, -0.05) is 29.4 Å². The van der Waals surface area contributed by atoms with Gasteiger partial charge in [0, 0.05) is 25.1 Å². The molecule has 1 atom stereocenters. The molecule has 27 heavy (non-hydrogen) atoms. The summed E-state index contributed by atoms with van der Waals surface area (Å²) in [6.45, 7) is -0.509. The first kappa shape index (κ1) is 19.2. The third kappa shape index (κ3) is 4.24. The summed E-state index contributed by atoms with van der Waals surface area (Å²) in [7, 11) is 0. The molecule has 1 fully saturated rings. The number of benzene rings is 1. The van der Waals surface area contributed by atoms with Crippen molar-refractivity contribution >= 4 is 5.91 Å². The minimum atomic E-state index is -4.75. The van der Waals surface area contributed by atoms with E-state index in [4.69, 9.17) is 5.11 Å². The molecule has 1 saturated carbocycles. The predicted octanol–water partition coefficient (Wildman–Crippen LogP) is 2.73. The Kier molecular flexibility index (Phi) is 4.89. The number of hydrogen-bond acceptors (Lipinski definition) is 5. The van der Waals surface area contributed by atoms with Crippen LogP contribution in [0.3, 0.4) is 0 Å². The molecule has 0 bridgehead atoms. The van der Waals surface area contributed by atoms with Crippen LogP contribution in [0.4, 0.5) is 22.0 Å². The minimum Gasteiger partial charge on any atom is -0.395 e. The van der Waals surface area contributed by atoms with Gasteiger partial charge in [0.1, 0.15) is 5.92 Å². The number of carbonyl (C=O) groups excluding carboxylic acids is 1. The van der Waals surface area contributed by atoms with Crippen LogP contribution in [0.5, 0.6) is 0 Å². The van der Waals surface area contributed by atoms with E-state index in [0.717, 1.165) is 4.90 Å². The maximum atomic E-state index is 13.1. The van der Waals surface area contributed by atoms with Crippen LogP contribution >= 0.6 is 0 Å². The van der Waals surface area contributed by atoms with Crippen molar-refractivity contribution in [2.45, 2.75) is 25.1 Å². The number of aliphatic hydroxyl groups excluding tert-OH is 1. The summed E-state index contributed by atoms with van der Waals surface area (Å²) in [6, 6.07) is 5.85. The smallest absolute Gasteiger partial charge is 0.395 e. The topological polar surface area (TPSA) is 79.5 Å². The lowest BCUT2D eigenvalue weighted by molar-refractivity contribution is -0.159. The van der Waals surface area contributed by atoms with Gasteiger partial charge in [-0.2, -0.15) is 18.2 Å². The van der Waals surface area contributed by atoms with Gasteiger partial charge in [-0.05, 0) is 5.56 Å². The first-order chi connectivity index (χ1) is 12.6. The summed E-state index contributed by atoms with van der Waals surface area (Å²) in [5.41, 5.74) is 0.802. The molecule has 1 unspecified atom stereocenters. The van der Waals surface area contributed by atoms with E-state index < -0.39 is 36.2 Å². The number of halogens is 5. The van der Waals surface area contributed by atoms with E-state index in [-0.39, 0.29) is 31.1 Å². The predicted molar refractivity (Wildman–Crippen MR) is 80.3 cm³/mol. The van der Waals surface area contributed by atoms with Crippen molar-refractivity contribution in [1.82, 2.24) is 15.0 Å². The Morgan fingerprint density at radius 3 is 2.41 bits per heavy atom. The van der Waals surface area contributed by atoms with Crippen LogP contribution in [0.25, 0.3) is 11.4 Å². The average Bonchev–Trinajstić information content (AvgIpc) is 3.01. The zero-order chi connectivity index (χ0) is 19.8. The van der Waals surface area contributed by atoms with E-state index >= 15 is 0 Å². The Morgan fingerprint density at radius 2 is 1.93 bits per heavy atom. The molecule has 3 rings (SSSR count). The summed E-state index contributed by atoms with van der Waals surface area (Å²) in [4.78, 5) is 16.5. The zero-order valence-corrected chi connectivity index (χ0v) is 13.7. The lowest BCUT2D eigenvalue weighted by atomic mass is 10.1. The number of hydrogen-bond donors (Lipinski definition) is 1. The quantitative estimate of drug-likeness (QED) is 0.766. The fraction of sp³-hybridized carbons (Fsp3) is 0.438. The minimum absolute atomic E-state index is 0.0215. The SMILES string of the molecule is O=C(C1CC1(F)F)N(CCO)Cc1ccc(-c2noc(C(F)(F)F)n2)cc1. The van der Waals surface area contributed by atoms with Gasteiger partial charge in [0.25, 0.3) is 5.92 Å². The monoisotopic (exact) mass is 391 g/mol. The Balaban J connectivity index is 1.70. The van der Waals surface area contributed by atoms with Gasteiger partial charge in [-0.25, -0.2) is 8.78 Å². The molecule has 1 heterocycles. The van der Waals surface area contributed by atoms with E-state index in [1.54, 1.807) is 0 Å². The van der Waals surface area contributed by atoms with Gasteiger partial charge >= 0.3 is 12.1 Å². The van der Waals surface area contributed by atoms with E-state index in [9.17, 15) is 26.7 Å². The fourth-order valence-corrected chi connectivity index (χ4v) is 2.52. The van der Waals surface area contributed by atoms with Crippen LogP contribution in [-0.4, -0.2) is 45.1 Å². The van der Waals surface area contributed by atoms with E-state index in [1.165, 1.54) is 24.3 Å². The average molecular weight is 391 g/mol. The number of rotatable bonds is 6. The van der Waals surface area contributed by atoms with E-state index in [0.29, 0.717) is 5.56 Å². The summed E-state index contributed by atoms with van der Waals surface area (Å²) in [5, 5.41) is 12.3. The lowest BCUT2D eigenvalue weighted by Crippen LogP contribution is -2.35. The molecular formula is C16H14F5N3O3. The van der Waals surface area contributed by atoms with Crippen LogP contribution in [0.15, 0.2) is 28.8 Å². The summed E-state index contributed by atoms with van der Waals surface area (Å²) in [5.74, 6) is -6.85. The van der Waals surface area contributed by atoms with E-state index in [2.05, 4.69) is 14.7 Å². The summed E-state index contributed by atoms with van der Waals surface area (Å²) in [6.07, 6.45) is -5.26. The van der Waals surface area contributed by atoms with Gasteiger partial charge in [0.15, 0.2) is 0 Å². The van der Waals surface area contributed by atoms with Gasteiger partial charge in [-0.3, -0.25) is 4.79 Å². The Morgan fingerprint density at radius 1 is 1.30 bits per heavy atom. The molecule has 0 spiro atoms. The van der Waals surface area contributed by atoms with Gasteiger partial charge in [-0.15, -0.1) is 0 Å². The van der Waals surface area contributed by atoms with Gasteiger partial charge in [0.2, 0.25) is 11.7 Å². The molecule has 2 aromatic rings. The fourth-order valence-electron chi connectivity index (χ4n) is 2.52. The Hall–Kier alpha value is -2.56. The molecule has 6 nitrogen and oxygen atoms in total. The molecular weight excluding hydrogens is 377 g/mol. The normalized spacial score (nSPS) is 18.4. The van der Waals surface area contributed by atoms with Crippen LogP contribution in [0, 0.1) is 5.92 Å². The second-order valence-electron chi connectivity index (χ2n) is 6.12. The van der Waals surface area contributed by atoms with Crippen LogP contribution in [0.1, 0.15) is 17.9 Å². The van der Waals surface area contributed by atoms with E-state index in [1.807, 2.05) is 0 Å². The molecule has 1 aliphatic carbocycles. The molecule has 0 saturated heterocycles.